The zero-order chi connectivity index (χ0) is 11.5. The minimum absolute atomic E-state index is 0.168. The second-order valence-corrected chi connectivity index (χ2v) is 3.75. The molecule has 1 fully saturated rings. The Bertz CT molecular complexity index is 379. The molecule has 1 aromatic rings. The van der Waals surface area contributed by atoms with Crippen LogP contribution in [0.5, 0.6) is 0 Å². The summed E-state index contributed by atoms with van der Waals surface area (Å²) >= 11 is 0. The Morgan fingerprint density at radius 1 is 1.62 bits per heavy atom. The number of aryl methyl sites for hydroxylation is 1. The Balaban J connectivity index is 2.17. The summed E-state index contributed by atoms with van der Waals surface area (Å²) in [5, 5.41) is 0. The number of nitrogens with zero attached hydrogens (tertiary/aromatic N) is 1. The van der Waals surface area contributed by atoms with Gasteiger partial charge in [-0.05, 0) is 20.3 Å². The Morgan fingerprint density at radius 3 is 3.06 bits per heavy atom. The third kappa shape index (κ3) is 2.09. The molecule has 1 aliphatic rings. The van der Waals surface area contributed by atoms with Gasteiger partial charge in [-0.3, -0.25) is 0 Å². The van der Waals surface area contributed by atoms with Gasteiger partial charge >= 0.3 is 5.97 Å². The molecule has 0 radical (unpaired) electrons. The minimum Gasteiger partial charge on any atom is -0.460 e. The molecule has 0 aromatic carbocycles. The van der Waals surface area contributed by atoms with Gasteiger partial charge in [-0.25, -0.2) is 9.78 Å². The first-order valence-electron chi connectivity index (χ1n) is 5.44. The van der Waals surface area contributed by atoms with Crippen LogP contribution in [0.1, 0.15) is 41.4 Å². The molecule has 5 heteroatoms. The molecule has 0 N–H and O–H groups in total. The molecule has 1 aliphatic heterocycles. The van der Waals surface area contributed by atoms with Gasteiger partial charge in [0.25, 0.3) is 0 Å². The van der Waals surface area contributed by atoms with Crippen molar-refractivity contribution < 1.29 is 18.7 Å². The van der Waals surface area contributed by atoms with Crippen LogP contribution in [0.4, 0.5) is 0 Å². The molecule has 2 heterocycles. The van der Waals surface area contributed by atoms with Crippen LogP contribution < -0.4 is 0 Å². The van der Waals surface area contributed by atoms with Crippen LogP contribution in [-0.2, 0) is 9.47 Å². The molecule has 16 heavy (non-hydrogen) atoms. The fourth-order valence-electron chi connectivity index (χ4n) is 1.71. The predicted molar refractivity (Wildman–Crippen MR) is 55.4 cm³/mol. The quantitative estimate of drug-likeness (QED) is 0.732. The zero-order valence-electron chi connectivity index (χ0n) is 9.49. The second kappa shape index (κ2) is 4.65. The van der Waals surface area contributed by atoms with Crippen LogP contribution in [0, 0.1) is 6.92 Å². The topological polar surface area (TPSA) is 61.6 Å². The van der Waals surface area contributed by atoms with Gasteiger partial charge in [0.2, 0.25) is 11.7 Å². The average Bonchev–Trinajstić information content (AvgIpc) is 2.86. The van der Waals surface area contributed by atoms with Gasteiger partial charge in [0.1, 0.15) is 0 Å². The Labute approximate surface area is 93.7 Å². The summed E-state index contributed by atoms with van der Waals surface area (Å²) in [6.07, 6.45) is 0.891. The molecule has 0 bridgehead atoms. The Kier molecular flexibility index (Phi) is 3.24. The van der Waals surface area contributed by atoms with Gasteiger partial charge in [-0.2, -0.15) is 0 Å². The Morgan fingerprint density at radius 2 is 2.44 bits per heavy atom. The number of ether oxygens (including phenoxy) is 2. The third-order valence-electron chi connectivity index (χ3n) is 2.55. The molecule has 0 saturated carbocycles. The van der Waals surface area contributed by atoms with Crippen molar-refractivity contribution in [2.45, 2.75) is 26.2 Å². The van der Waals surface area contributed by atoms with Gasteiger partial charge in [-0.15, -0.1) is 0 Å². The van der Waals surface area contributed by atoms with Crippen LogP contribution in [0.15, 0.2) is 4.42 Å². The monoisotopic (exact) mass is 225 g/mol. The summed E-state index contributed by atoms with van der Waals surface area (Å²) in [5.74, 6) is 0.515. The van der Waals surface area contributed by atoms with E-state index in [0.29, 0.717) is 24.8 Å². The third-order valence-corrected chi connectivity index (χ3v) is 2.55. The average molecular weight is 225 g/mol. The highest BCUT2D eigenvalue weighted by Gasteiger charge is 2.26. The fourth-order valence-corrected chi connectivity index (χ4v) is 1.71. The minimum atomic E-state index is -0.447. The zero-order valence-corrected chi connectivity index (χ0v) is 9.49. The summed E-state index contributed by atoms with van der Waals surface area (Å²) < 4.78 is 15.6. The van der Waals surface area contributed by atoms with Crippen molar-refractivity contribution >= 4 is 5.97 Å². The van der Waals surface area contributed by atoms with E-state index in [-0.39, 0.29) is 11.7 Å². The van der Waals surface area contributed by atoms with E-state index in [0.717, 1.165) is 13.0 Å². The van der Waals surface area contributed by atoms with Gasteiger partial charge < -0.3 is 13.9 Å². The summed E-state index contributed by atoms with van der Waals surface area (Å²) in [7, 11) is 0. The molecule has 5 nitrogen and oxygen atoms in total. The van der Waals surface area contributed by atoms with Crippen LogP contribution in [-0.4, -0.2) is 30.8 Å². The Hall–Kier alpha value is -1.36. The smallest absolute Gasteiger partial charge is 0.376 e. The van der Waals surface area contributed by atoms with Crippen molar-refractivity contribution in [1.82, 2.24) is 4.98 Å². The summed E-state index contributed by atoms with van der Waals surface area (Å²) in [5.41, 5.74) is 0.584. The maximum absolute atomic E-state index is 11.5. The van der Waals surface area contributed by atoms with Crippen LogP contribution >= 0.6 is 0 Å². The van der Waals surface area contributed by atoms with Gasteiger partial charge in [0.05, 0.1) is 24.8 Å². The van der Waals surface area contributed by atoms with Crippen molar-refractivity contribution in [3.05, 3.63) is 17.3 Å². The van der Waals surface area contributed by atoms with Crippen molar-refractivity contribution in [1.29, 1.82) is 0 Å². The van der Waals surface area contributed by atoms with Crippen molar-refractivity contribution in [2.75, 3.05) is 19.8 Å². The lowest BCUT2D eigenvalue weighted by Crippen LogP contribution is -2.04. The predicted octanol–water partition coefficient (Wildman–Crippen LogP) is 1.66. The lowest BCUT2D eigenvalue weighted by Gasteiger charge is -2.00. The molecule has 1 unspecified atom stereocenters. The number of aromatic nitrogens is 1. The summed E-state index contributed by atoms with van der Waals surface area (Å²) in [6.45, 7) is 5.17. The van der Waals surface area contributed by atoms with Gasteiger partial charge in [0.15, 0.2) is 0 Å². The van der Waals surface area contributed by atoms with Gasteiger partial charge in [-0.1, -0.05) is 0 Å². The molecule has 0 amide bonds. The SMILES string of the molecule is CCOC(=O)c1oc(C2CCOC2)nc1C. The lowest BCUT2D eigenvalue weighted by atomic mass is 10.1. The molecular weight excluding hydrogens is 210 g/mol. The number of esters is 1. The summed E-state index contributed by atoms with van der Waals surface area (Å²) in [4.78, 5) is 15.8. The first-order valence-corrected chi connectivity index (χ1v) is 5.44. The molecule has 1 aromatic heterocycles. The number of rotatable bonds is 3. The number of oxazole rings is 1. The normalized spacial score (nSPS) is 20.0. The molecular formula is C11H15NO4. The maximum atomic E-state index is 11.5. The van der Waals surface area contributed by atoms with Crippen molar-refractivity contribution in [3.8, 4) is 0 Å². The van der Waals surface area contributed by atoms with E-state index >= 15 is 0 Å². The number of hydrogen-bond acceptors (Lipinski definition) is 5. The van der Waals surface area contributed by atoms with E-state index in [1.54, 1.807) is 13.8 Å². The molecule has 1 saturated heterocycles. The molecule has 2 rings (SSSR count). The standard InChI is InChI=1S/C11H15NO4/c1-3-15-11(13)9-7(2)12-10(16-9)8-4-5-14-6-8/h8H,3-6H2,1-2H3. The lowest BCUT2D eigenvalue weighted by molar-refractivity contribution is 0.0486. The molecule has 1 atom stereocenters. The van der Waals surface area contributed by atoms with Crippen LogP contribution in [0.3, 0.4) is 0 Å². The van der Waals surface area contributed by atoms with Crippen molar-refractivity contribution in [3.63, 3.8) is 0 Å². The fraction of sp³-hybridized carbons (Fsp3) is 0.636. The summed E-state index contributed by atoms with van der Waals surface area (Å²) in [6, 6.07) is 0. The van der Waals surface area contributed by atoms with E-state index in [1.807, 2.05) is 0 Å². The largest absolute Gasteiger partial charge is 0.460 e. The highest BCUT2D eigenvalue weighted by atomic mass is 16.5. The van der Waals surface area contributed by atoms with E-state index < -0.39 is 5.97 Å². The van der Waals surface area contributed by atoms with Crippen LogP contribution in [0.2, 0.25) is 0 Å². The van der Waals surface area contributed by atoms with Gasteiger partial charge in [0, 0.05) is 6.61 Å². The first kappa shape index (κ1) is 11.1. The molecule has 0 aliphatic carbocycles. The van der Waals surface area contributed by atoms with E-state index in [4.69, 9.17) is 13.9 Å². The van der Waals surface area contributed by atoms with E-state index in [2.05, 4.69) is 4.98 Å². The maximum Gasteiger partial charge on any atom is 0.376 e. The number of carbonyl (C=O) groups is 1. The number of hydrogen-bond donors (Lipinski definition) is 0. The van der Waals surface area contributed by atoms with E-state index in [9.17, 15) is 4.79 Å². The first-order chi connectivity index (χ1) is 7.72. The van der Waals surface area contributed by atoms with Crippen molar-refractivity contribution in [2.24, 2.45) is 0 Å². The molecule has 0 spiro atoms. The van der Waals surface area contributed by atoms with E-state index in [1.165, 1.54) is 0 Å². The van der Waals surface area contributed by atoms with Crippen LogP contribution in [0.25, 0.3) is 0 Å². The molecule has 88 valence electrons. The highest BCUT2D eigenvalue weighted by molar-refractivity contribution is 5.87. The number of carbonyl (C=O) groups excluding carboxylic acids is 1. The highest BCUT2D eigenvalue weighted by Crippen LogP contribution is 2.26. The second-order valence-electron chi connectivity index (χ2n) is 3.75.